The molecule has 2 rings (SSSR count). The van der Waals surface area contributed by atoms with Gasteiger partial charge in [0.15, 0.2) is 0 Å². The van der Waals surface area contributed by atoms with Gasteiger partial charge in [0, 0.05) is 0 Å². The van der Waals surface area contributed by atoms with Crippen molar-refractivity contribution in [2.24, 2.45) is 0 Å². The van der Waals surface area contributed by atoms with Crippen LogP contribution in [0.15, 0.2) is 0 Å². The molecule has 0 spiro atoms. The fourth-order valence-corrected chi connectivity index (χ4v) is 0.734. The van der Waals surface area contributed by atoms with Crippen molar-refractivity contribution >= 4 is 0 Å². The van der Waals surface area contributed by atoms with Crippen molar-refractivity contribution in [3.63, 3.8) is 0 Å². The van der Waals surface area contributed by atoms with Gasteiger partial charge in [0.1, 0.15) is 6.79 Å². The van der Waals surface area contributed by atoms with Crippen LogP contribution in [0.4, 0.5) is 0 Å². The highest BCUT2D eigenvalue weighted by Gasteiger charge is 1.95. The third-order valence-corrected chi connectivity index (χ3v) is 1.33. The van der Waals surface area contributed by atoms with E-state index in [1.165, 1.54) is 0 Å². The van der Waals surface area contributed by atoms with Gasteiger partial charge in [0.05, 0.1) is 26.4 Å². The number of rotatable bonds is 0. The van der Waals surface area contributed by atoms with E-state index >= 15 is 0 Å². The molecule has 0 radical (unpaired) electrons. The van der Waals surface area contributed by atoms with E-state index in [4.69, 9.17) is 9.47 Å². The summed E-state index contributed by atoms with van der Waals surface area (Å²) in [6.07, 6.45) is 2.31. The summed E-state index contributed by atoms with van der Waals surface area (Å²) >= 11 is 0. The Morgan fingerprint density at radius 2 is 1.18 bits per heavy atom. The summed E-state index contributed by atoms with van der Waals surface area (Å²) in [5, 5.41) is 0. The van der Waals surface area contributed by atoms with Gasteiger partial charge in [-0.05, 0) is 12.8 Å². The molecule has 4 nitrogen and oxygen atoms in total. The molecule has 0 aliphatic carbocycles. The van der Waals surface area contributed by atoms with Crippen LogP contribution >= 0.6 is 0 Å². The van der Waals surface area contributed by atoms with Crippen LogP contribution in [0.1, 0.15) is 12.8 Å². The zero-order chi connectivity index (χ0) is 7.78. The smallest absolute Gasteiger partial charge is 0.146 e. The Bertz CT molecular complexity index is 59.4. The van der Waals surface area contributed by atoms with Crippen LogP contribution in [-0.2, 0) is 19.2 Å². The molecule has 11 heavy (non-hydrogen) atoms. The third kappa shape index (κ3) is 5.15. The minimum Gasteiger partial charge on any atom is -0.353 e. The molecule has 2 saturated heterocycles. The fourth-order valence-electron chi connectivity index (χ4n) is 0.734. The molecule has 0 unspecified atom stereocenters. The van der Waals surface area contributed by atoms with E-state index in [-0.39, 0.29) is 0 Å². The van der Waals surface area contributed by atoms with Crippen molar-refractivity contribution < 1.29 is 19.2 Å². The predicted octanol–water partition coefficient (Wildman–Crippen LogP) is 0.719. The molecule has 0 aromatic carbocycles. The second kappa shape index (κ2) is 6.54. The molecule has 0 bridgehead atoms. The molecule has 2 fully saturated rings. The summed E-state index contributed by atoms with van der Waals surface area (Å²) in [5.41, 5.74) is 0. The van der Waals surface area contributed by atoms with Gasteiger partial charge < -0.3 is 9.47 Å². The summed E-state index contributed by atoms with van der Waals surface area (Å²) in [7, 11) is 0. The van der Waals surface area contributed by atoms with Crippen molar-refractivity contribution in [3.8, 4) is 0 Å². The minimum atomic E-state index is 0.500. The van der Waals surface area contributed by atoms with E-state index in [2.05, 4.69) is 9.78 Å². The van der Waals surface area contributed by atoms with Crippen LogP contribution < -0.4 is 0 Å². The van der Waals surface area contributed by atoms with E-state index in [0.717, 1.165) is 39.3 Å². The highest BCUT2D eigenvalue weighted by Crippen LogP contribution is 1.97. The van der Waals surface area contributed by atoms with Crippen LogP contribution in [0.3, 0.4) is 0 Å². The lowest BCUT2D eigenvalue weighted by Crippen LogP contribution is -2.05. The number of hydrogen-bond acceptors (Lipinski definition) is 4. The van der Waals surface area contributed by atoms with Crippen LogP contribution in [-0.4, -0.2) is 33.2 Å². The molecule has 0 amide bonds. The monoisotopic (exact) mass is 162 g/mol. The molecule has 0 aromatic heterocycles. The largest absolute Gasteiger partial charge is 0.353 e. The highest BCUT2D eigenvalue weighted by atomic mass is 17.2. The maximum absolute atomic E-state index is 4.72. The van der Waals surface area contributed by atoms with Crippen molar-refractivity contribution in [1.82, 2.24) is 0 Å². The first kappa shape index (κ1) is 8.93. The molecule has 0 aromatic rings. The summed E-state index contributed by atoms with van der Waals surface area (Å²) < 4.78 is 9.44. The summed E-state index contributed by atoms with van der Waals surface area (Å²) in [6, 6.07) is 0. The molecule has 2 aliphatic heterocycles. The van der Waals surface area contributed by atoms with Gasteiger partial charge in [-0.25, -0.2) is 9.78 Å². The molecule has 2 aliphatic rings. The average molecular weight is 162 g/mol. The van der Waals surface area contributed by atoms with Crippen molar-refractivity contribution in [2.45, 2.75) is 12.8 Å². The van der Waals surface area contributed by atoms with Gasteiger partial charge >= 0.3 is 0 Å². The van der Waals surface area contributed by atoms with E-state index in [1.807, 2.05) is 0 Å². The Hall–Kier alpha value is -0.160. The molecule has 0 atom stereocenters. The topological polar surface area (TPSA) is 36.9 Å². The number of hydrogen-bond donors (Lipinski definition) is 0. The van der Waals surface area contributed by atoms with E-state index in [0.29, 0.717) is 6.79 Å². The first-order chi connectivity index (χ1) is 5.50. The van der Waals surface area contributed by atoms with Gasteiger partial charge in [-0.1, -0.05) is 0 Å². The quantitative estimate of drug-likeness (QED) is 0.492. The van der Waals surface area contributed by atoms with Crippen LogP contribution in [0.2, 0.25) is 0 Å². The second-order valence-corrected chi connectivity index (χ2v) is 2.29. The van der Waals surface area contributed by atoms with Crippen LogP contribution in [0, 0.1) is 0 Å². The molecule has 4 heteroatoms. The molecule has 2 heterocycles. The summed E-state index contributed by atoms with van der Waals surface area (Å²) in [6.45, 7) is 3.61. The van der Waals surface area contributed by atoms with E-state index in [1.54, 1.807) is 0 Å². The van der Waals surface area contributed by atoms with Crippen LogP contribution in [0.25, 0.3) is 0 Å². The van der Waals surface area contributed by atoms with Gasteiger partial charge in [0.2, 0.25) is 0 Å². The van der Waals surface area contributed by atoms with E-state index in [9.17, 15) is 0 Å². The van der Waals surface area contributed by atoms with Crippen molar-refractivity contribution in [1.29, 1.82) is 0 Å². The molecular weight excluding hydrogens is 148 g/mol. The molecular formula is C7H14O4. The highest BCUT2D eigenvalue weighted by molar-refractivity contribution is 4.36. The van der Waals surface area contributed by atoms with Gasteiger partial charge in [-0.3, -0.25) is 0 Å². The Labute approximate surface area is 66.3 Å². The van der Waals surface area contributed by atoms with Gasteiger partial charge in [0.25, 0.3) is 0 Å². The lowest BCUT2D eigenvalue weighted by molar-refractivity contribution is -0.312. The lowest BCUT2D eigenvalue weighted by atomic mass is 10.3. The number of ether oxygens (including phenoxy) is 2. The Morgan fingerprint density at radius 3 is 1.36 bits per heavy atom. The minimum absolute atomic E-state index is 0.500. The van der Waals surface area contributed by atoms with Gasteiger partial charge in [-0.15, -0.1) is 0 Å². The summed E-state index contributed by atoms with van der Waals surface area (Å²) in [4.78, 5) is 9.14. The Kier molecular flexibility index (Phi) is 5.31. The molecule has 66 valence electrons. The van der Waals surface area contributed by atoms with E-state index < -0.39 is 0 Å². The zero-order valence-electron chi connectivity index (χ0n) is 6.58. The summed E-state index contributed by atoms with van der Waals surface area (Å²) in [5.74, 6) is 0. The standard InChI is InChI=1S/C4H8O2.C3H6O2/c1-2-4-6-5-3-1;1-2-5-3-4-1/h1-4H2;1-3H2. The van der Waals surface area contributed by atoms with Gasteiger partial charge in [-0.2, -0.15) is 0 Å². The Balaban J connectivity index is 0.000000112. The van der Waals surface area contributed by atoms with Crippen LogP contribution in [0.5, 0.6) is 0 Å². The van der Waals surface area contributed by atoms with Crippen molar-refractivity contribution in [3.05, 3.63) is 0 Å². The zero-order valence-corrected chi connectivity index (χ0v) is 6.58. The Morgan fingerprint density at radius 1 is 0.636 bits per heavy atom. The molecule has 0 saturated carbocycles. The third-order valence-electron chi connectivity index (χ3n) is 1.33. The normalized spacial score (nSPS) is 24.0. The second-order valence-electron chi connectivity index (χ2n) is 2.29. The SMILES string of the molecule is C1CCOOC1.C1COCO1. The lowest BCUT2D eigenvalue weighted by Gasteiger charge is -2.07. The fraction of sp³-hybridized carbons (Fsp3) is 1.00. The molecule has 0 N–H and O–H groups in total. The average Bonchev–Trinajstić information content (AvgIpc) is 2.64. The maximum Gasteiger partial charge on any atom is 0.146 e. The predicted molar refractivity (Wildman–Crippen MR) is 37.9 cm³/mol. The van der Waals surface area contributed by atoms with Crippen molar-refractivity contribution in [2.75, 3.05) is 33.2 Å². The first-order valence-corrected chi connectivity index (χ1v) is 3.90. The maximum atomic E-state index is 4.72. The first-order valence-electron chi connectivity index (χ1n) is 3.90.